The van der Waals surface area contributed by atoms with Gasteiger partial charge in [-0.25, -0.2) is 4.79 Å². The Hall–Kier alpha value is -2.44. The van der Waals surface area contributed by atoms with Crippen molar-refractivity contribution in [3.8, 4) is 0 Å². The van der Waals surface area contributed by atoms with E-state index in [1.807, 2.05) is 26.0 Å². The molecule has 0 unspecified atom stereocenters. The van der Waals surface area contributed by atoms with Crippen LogP contribution in [0.2, 0.25) is 0 Å². The first-order valence-electron chi connectivity index (χ1n) is 8.72. The molecular formula is C19H22F3N3O. The Kier molecular flexibility index (Phi) is 4.98. The van der Waals surface area contributed by atoms with Crippen LogP contribution in [0.4, 0.5) is 23.7 Å². The summed E-state index contributed by atoms with van der Waals surface area (Å²) in [5, 5.41) is 2.47. The van der Waals surface area contributed by atoms with E-state index < -0.39 is 17.8 Å². The second kappa shape index (κ2) is 7.05. The van der Waals surface area contributed by atoms with Crippen molar-refractivity contribution in [2.75, 3.05) is 11.9 Å². The summed E-state index contributed by atoms with van der Waals surface area (Å²) in [6.45, 7) is 5.15. The number of nitrogens with one attached hydrogen (secondary N) is 1. The zero-order valence-electron chi connectivity index (χ0n) is 14.8. The molecule has 7 heteroatoms. The maximum atomic E-state index is 13.2. The van der Waals surface area contributed by atoms with Gasteiger partial charge in [0.25, 0.3) is 0 Å². The Morgan fingerprint density at radius 1 is 1.19 bits per heavy atom. The van der Waals surface area contributed by atoms with Crippen LogP contribution in [0, 0.1) is 6.92 Å². The van der Waals surface area contributed by atoms with Crippen molar-refractivity contribution in [1.29, 1.82) is 0 Å². The number of alkyl halides is 3. The molecule has 0 aliphatic carbocycles. The van der Waals surface area contributed by atoms with E-state index in [9.17, 15) is 18.0 Å². The number of halogens is 3. The highest BCUT2D eigenvalue weighted by Gasteiger charge is 2.35. The predicted molar refractivity (Wildman–Crippen MR) is 94.0 cm³/mol. The van der Waals surface area contributed by atoms with Crippen LogP contribution < -0.4 is 5.32 Å². The van der Waals surface area contributed by atoms with Crippen LogP contribution in [0.1, 0.15) is 42.8 Å². The largest absolute Gasteiger partial charge is 0.418 e. The molecule has 2 aromatic rings. The first-order valence-corrected chi connectivity index (χ1v) is 8.72. The van der Waals surface area contributed by atoms with Crippen LogP contribution in [-0.2, 0) is 12.7 Å². The number of aromatic nitrogens is 1. The number of aryl methyl sites for hydroxylation is 1. The van der Waals surface area contributed by atoms with E-state index in [0.29, 0.717) is 13.1 Å². The number of carbonyl (C=O) groups excluding carboxylic acids is 1. The molecule has 1 aliphatic heterocycles. The standard InChI is InChI=1S/C19H22F3N3O/c1-3-6-16-17-10-9-13(2)24(17)11-12-25(16)18(26)23-15-8-5-4-7-14(15)19(20,21)22/h4-5,7-10,16H,3,6,11-12H2,1-2H3,(H,23,26)/t16-/m1/s1. The summed E-state index contributed by atoms with van der Waals surface area (Å²) < 4.78 is 41.7. The van der Waals surface area contributed by atoms with E-state index in [0.717, 1.165) is 30.3 Å². The van der Waals surface area contributed by atoms with Gasteiger partial charge in [0.2, 0.25) is 0 Å². The van der Waals surface area contributed by atoms with E-state index >= 15 is 0 Å². The lowest BCUT2D eigenvalue weighted by Gasteiger charge is -2.37. The number of benzene rings is 1. The quantitative estimate of drug-likeness (QED) is 0.797. The van der Waals surface area contributed by atoms with Gasteiger partial charge in [-0.3, -0.25) is 0 Å². The monoisotopic (exact) mass is 365 g/mol. The lowest BCUT2D eigenvalue weighted by atomic mass is 10.0. The number of carbonyl (C=O) groups is 1. The minimum Gasteiger partial charge on any atom is -0.345 e. The summed E-state index contributed by atoms with van der Waals surface area (Å²) >= 11 is 0. The lowest BCUT2D eigenvalue weighted by molar-refractivity contribution is -0.136. The maximum absolute atomic E-state index is 13.2. The highest BCUT2D eigenvalue weighted by atomic mass is 19.4. The molecule has 1 aliphatic rings. The number of para-hydroxylation sites is 1. The molecule has 2 amide bonds. The molecule has 2 heterocycles. The Labute approximate surface area is 150 Å². The molecule has 26 heavy (non-hydrogen) atoms. The number of fused-ring (bicyclic) bond motifs is 1. The van der Waals surface area contributed by atoms with Gasteiger partial charge >= 0.3 is 12.2 Å². The lowest BCUT2D eigenvalue weighted by Crippen LogP contribution is -2.44. The van der Waals surface area contributed by atoms with E-state index in [2.05, 4.69) is 9.88 Å². The van der Waals surface area contributed by atoms with Crippen LogP contribution in [-0.4, -0.2) is 22.0 Å². The third kappa shape index (κ3) is 3.43. The number of anilines is 1. The Balaban J connectivity index is 1.86. The number of amides is 2. The SMILES string of the molecule is CCC[C@@H]1c2ccc(C)n2CCN1C(=O)Nc1ccccc1C(F)(F)F. The molecule has 140 valence electrons. The summed E-state index contributed by atoms with van der Waals surface area (Å²) in [4.78, 5) is 14.4. The molecule has 1 aromatic carbocycles. The average Bonchev–Trinajstić information content (AvgIpc) is 2.96. The zero-order chi connectivity index (χ0) is 18.9. The number of hydrogen-bond donors (Lipinski definition) is 1. The molecule has 0 saturated carbocycles. The van der Waals surface area contributed by atoms with E-state index in [-0.39, 0.29) is 11.7 Å². The van der Waals surface area contributed by atoms with E-state index in [1.165, 1.54) is 18.2 Å². The Morgan fingerprint density at radius 3 is 2.62 bits per heavy atom. The Bertz CT molecular complexity index is 798. The summed E-state index contributed by atoms with van der Waals surface area (Å²) in [6.07, 6.45) is -2.88. The summed E-state index contributed by atoms with van der Waals surface area (Å²) in [5.41, 5.74) is 1.12. The Morgan fingerprint density at radius 2 is 1.92 bits per heavy atom. The van der Waals surface area contributed by atoms with Gasteiger partial charge in [-0.2, -0.15) is 13.2 Å². The third-order valence-electron chi connectivity index (χ3n) is 4.81. The molecule has 4 nitrogen and oxygen atoms in total. The highest BCUT2D eigenvalue weighted by Crippen LogP contribution is 2.36. The smallest absolute Gasteiger partial charge is 0.345 e. The van der Waals surface area contributed by atoms with Crippen molar-refractivity contribution < 1.29 is 18.0 Å². The van der Waals surface area contributed by atoms with Crippen LogP contribution in [0.5, 0.6) is 0 Å². The van der Waals surface area contributed by atoms with E-state index in [1.54, 1.807) is 4.90 Å². The van der Waals surface area contributed by atoms with E-state index in [4.69, 9.17) is 0 Å². The fraction of sp³-hybridized carbons (Fsp3) is 0.421. The number of nitrogens with zero attached hydrogens (tertiary/aromatic N) is 2. The van der Waals surface area contributed by atoms with Gasteiger partial charge in [-0.1, -0.05) is 25.5 Å². The van der Waals surface area contributed by atoms with Crippen LogP contribution >= 0.6 is 0 Å². The van der Waals surface area contributed by atoms with Gasteiger partial charge in [0, 0.05) is 24.5 Å². The fourth-order valence-electron chi connectivity index (χ4n) is 3.56. The van der Waals surface area contributed by atoms with Crippen molar-refractivity contribution in [2.45, 2.75) is 45.5 Å². The van der Waals surface area contributed by atoms with Crippen molar-refractivity contribution in [1.82, 2.24) is 9.47 Å². The predicted octanol–water partition coefficient (Wildman–Crippen LogP) is 5.20. The normalized spacial score (nSPS) is 17.1. The van der Waals surface area contributed by atoms with Crippen molar-refractivity contribution in [3.05, 3.63) is 53.3 Å². The van der Waals surface area contributed by atoms with Gasteiger partial charge in [-0.15, -0.1) is 0 Å². The first-order chi connectivity index (χ1) is 12.3. The van der Waals surface area contributed by atoms with Crippen molar-refractivity contribution in [2.24, 2.45) is 0 Å². The number of hydrogen-bond acceptors (Lipinski definition) is 1. The number of urea groups is 1. The molecule has 3 rings (SSSR count). The molecular weight excluding hydrogens is 343 g/mol. The highest BCUT2D eigenvalue weighted by molar-refractivity contribution is 5.90. The molecule has 0 spiro atoms. The topological polar surface area (TPSA) is 37.3 Å². The molecule has 1 N–H and O–H groups in total. The molecule has 0 saturated heterocycles. The van der Waals surface area contributed by atoms with Crippen molar-refractivity contribution in [3.63, 3.8) is 0 Å². The zero-order valence-corrected chi connectivity index (χ0v) is 14.8. The van der Waals surface area contributed by atoms with Crippen LogP contribution in [0.15, 0.2) is 36.4 Å². The summed E-state index contributed by atoms with van der Waals surface area (Å²) in [6, 6.07) is 8.44. The van der Waals surface area contributed by atoms with Gasteiger partial charge in [0.1, 0.15) is 0 Å². The molecule has 1 aromatic heterocycles. The van der Waals surface area contributed by atoms with Gasteiger partial charge in [-0.05, 0) is 37.6 Å². The summed E-state index contributed by atoms with van der Waals surface area (Å²) in [7, 11) is 0. The molecule has 0 bridgehead atoms. The van der Waals surface area contributed by atoms with Gasteiger partial charge in [0.05, 0.1) is 17.3 Å². The maximum Gasteiger partial charge on any atom is 0.418 e. The molecule has 0 radical (unpaired) electrons. The van der Waals surface area contributed by atoms with Crippen molar-refractivity contribution >= 4 is 11.7 Å². The third-order valence-corrected chi connectivity index (χ3v) is 4.81. The van der Waals surface area contributed by atoms with Crippen LogP contribution in [0.3, 0.4) is 0 Å². The fourth-order valence-corrected chi connectivity index (χ4v) is 3.56. The summed E-state index contributed by atoms with van der Waals surface area (Å²) in [5.74, 6) is 0. The average molecular weight is 365 g/mol. The molecule has 0 fully saturated rings. The first kappa shape index (κ1) is 18.4. The minimum atomic E-state index is -4.51. The van der Waals surface area contributed by atoms with Gasteiger partial charge in [0.15, 0.2) is 0 Å². The second-order valence-corrected chi connectivity index (χ2v) is 6.52. The van der Waals surface area contributed by atoms with Crippen LogP contribution in [0.25, 0.3) is 0 Å². The minimum absolute atomic E-state index is 0.138. The number of rotatable bonds is 3. The molecule has 1 atom stereocenters. The van der Waals surface area contributed by atoms with Gasteiger partial charge < -0.3 is 14.8 Å². The second-order valence-electron chi connectivity index (χ2n) is 6.52.